The number of alkyl halides is 3. The molecule has 158 valence electrons. The van der Waals surface area contributed by atoms with Gasteiger partial charge in [0.05, 0.1) is 4.90 Å². The highest BCUT2D eigenvalue weighted by atomic mass is 32.2. The van der Waals surface area contributed by atoms with E-state index in [4.69, 9.17) is 0 Å². The fourth-order valence-corrected chi connectivity index (χ4v) is 4.94. The number of nitrogens with one attached hydrogen (secondary N) is 1. The summed E-state index contributed by atoms with van der Waals surface area (Å²) in [5, 5.41) is 7.97. The van der Waals surface area contributed by atoms with Crippen LogP contribution in [0.2, 0.25) is 0 Å². The van der Waals surface area contributed by atoms with Crippen molar-refractivity contribution in [2.45, 2.75) is 49.7 Å². The predicted molar refractivity (Wildman–Crippen MR) is 95.5 cm³/mol. The first-order chi connectivity index (χ1) is 13.6. The van der Waals surface area contributed by atoms with Crippen LogP contribution in [0.5, 0.6) is 0 Å². The van der Waals surface area contributed by atoms with E-state index in [-0.39, 0.29) is 16.5 Å². The summed E-state index contributed by atoms with van der Waals surface area (Å²) in [6.07, 6.45) is -1.53. The molecule has 0 bridgehead atoms. The van der Waals surface area contributed by atoms with Crippen LogP contribution in [0.1, 0.15) is 48.9 Å². The number of amides is 1. The van der Waals surface area contributed by atoms with E-state index < -0.39 is 34.0 Å². The van der Waals surface area contributed by atoms with Gasteiger partial charge in [-0.1, -0.05) is 18.4 Å². The first-order valence-electron chi connectivity index (χ1n) is 8.97. The van der Waals surface area contributed by atoms with Crippen molar-refractivity contribution in [1.29, 1.82) is 0 Å². The molecule has 1 atom stereocenters. The van der Waals surface area contributed by atoms with Gasteiger partial charge in [0.1, 0.15) is 0 Å². The number of anilines is 1. The van der Waals surface area contributed by atoms with Crippen LogP contribution < -0.4 is 5.32 Å². The van der Waals surface area contributed by atoms with Crippen LogP contribution in [0.15, 0.2) is 33.6 Å². The van der Waals surface area contributed by atoms with Crippen LogP contribution >= 0.6 is 0 Å². The predicted octanol–water partition coefficient (Wildman–Crippen LogP) is 3.29. The maximum atomic E-state index is 12.9. The molecule has 1 fully saturated rings. The third kappa shape index (κ3) is 4.58. The number of sulfonamides is 1. The standard InChI is InChI=1S/C17H19F3N4O4S/c1-2-12-5-3-4-10-24(12)29(26,27)13-8-6-11(7-9-13)14(25)21-16-23-22-15(28-16)17(18,19)20/h6-9,12H,2-5,10H2,1H3,(H,21,23,25). The Morgan fingerprint density at radius 2 is 1.93 bits per heavy atom. The van der Waals surface area contributed by atoms with Gasteiger partial charge in [-0.2, -0.15) is 17.5 Å². The lowest BCUT2D eigenvalue weighted by Gasteiger charge is -2.34. The number of halogens is 3. The second kappa shape index (κ2) is 8.11. The Hall–Kier alpha value is -2.47. The lowest BCUT2D eigenvalue weighted by molar-refractivity contribution is -0.156. The SMILES string of the molecule is CCC1CCCCN1S(=O)(=O)c1ccc(C(=O)Nc2nnc(C(F)(F)F)o2)cc1. The van der Waals surface area contributed by atoms with Gasteiger partial charge in [-0.05, 0) is 43.5 Å². The Morgan fingerprint density at radius 1 is 1.24 bits per heavy atom. The lowest BCUT2D eigenvalue weighted by atomic mass is 10.0. The van der Waals surface area contributed by atoms with E-state index in [1.807, 2.05) is 12.2 Å². The number of carbonyl (C=O) groups excluding carboxylic acids is 1. The first-order valence-corrected chi connectivity index (χ1v) is 10.4. The molecule has 1 aliphatic rings. The molecule has 1 aliphatic heterocycles. The Labute approximate surface area is 165 Å². The molecule has 1 aromatic heterocycles. The lowest BCUT2D eigenvalue weighted by Crippen LogP contribution is -2.43. The average molecular weight is 432 g/mol. The quantitative estimate of drug-likeness (QED) is 0.777. The van der Waals surface area contributed by atoms with E-state index in [1.165, 1.54) is 28.6 Å². The number of carbonyl (C=O) groups is 1. The molecule has 3 rings (SSSR count). The van der Waals surface area contributed by atoms with Crippen LogP contribution in [0.3, 0.4) is 0 Å². The number of benzene rings is 1. The zero-order valence-corrected chi connectivity index (χ0v) is 16.3. The normalized spacial score (nSPS) is 18.6. The number of nitrogens with zero attached hydrogens (tertiary/aromatic N) is 3. The first kappa shape index (κ1) is 21.2. The third-order valence-corrected chi connectivity index (χ3v) is 6.62. The molecule has 1 saturated heterocycles. The molecule has 0 saturated carbocycles. The van der Waals surface area contributed by atoms with Crippen LogP contribution in [-0.2, 0) is 16.2 Å². The summed E-state index contributed by atoms with van der Waals surface area (Å²) in [4.78, 5) is 12.2. The fourth-order valence-electron chi connectivity index (χ4n) is 3.17. The number of hydrogen-bond donors (Lipinski definition) is 1. The Balaban J connectivity index is 1.74. The number of rotatable bonds is 5. The summed E-state index contributed by atoms with van der Waals surface area (Å²) < 4.78 is 69.0. The molecular weight excluding hydrogens is 413 g/mol. The van der Waals surface area contributed by atoms with Crippen LogP contribution in [0.4, 0.5) is 19.2 Å². The van der Waals surface area contributed by atoms with Crippen LogP contribution in [0.25, 0.3) is 0 Å². The van der Waals surface area contributed by atoms with Crippen molar-refractivity contribution in [1.82, 2.24) is 14.5 Å². The van der Waals surface area contributed by atoms with Gasteiger partial charge < -0.3 is 4.42 Å². The van der Waals surface area contributed by atoms with Crippen LogP contribution in [-0.4, -0.2) is 41.4 Å². The summed E-state index contributed by atoms with van der Waals surface area (Å²) in [5.41, 5.74) is 0.0291. The molecule has 12 heteroatoms. The van der Waals surface area contributed by atoms with E-state index in [9.17, 15) is 26.4 Å². The summed E-state index contributed by atoms with van der Waals surface area (Å²) in [5.74, 6) is -2.39. The Morgan fingerprint density at radius 3 is 2.52 bits per heavy atom. The van der Waals surface area contributed by atoms with Gasteiger partial charge in [-0.3, -0.25) is 10.1 Å². The molecule has 29 heavy (non-hydrogen) atoms. The van der Waals surface area contributed by atoms with Crippen LogP contribution in [0, 0.1) is 0 Å². The van der Waals surface area contributed by atoms with Gasteiger partial charge in [0, 0.05) is 18.2 Å². The second-order valence-corrected chi connectivity index (χ2v) is 8.45. The smallest absolute Gasteiger partial charge is 0.399 e. The largest absolute Gasteiger partial charge is 0.470 e. The van der Waals surface area contributed by atoms with Crippen molar-refractivity contribution in [3.8, 4) is 0 Å². The Bertz CT molecular complexity index is 973. The Kier molecular flexibility index (Phi) is 5.94. The number of aromatic nitrogens is 2. The summed E-state index contributed by atoms with van der Waals surface area (Å²) in [7, 11) is -3.70. The van der Waals surface area contributed by atoms with E-state index in [1.54, 1.807) is 0 Å². The topological polar surface area (TPSA) is 105 Å². The molecule has 1 N–H and O–H groups in total. The summed E-state index contributed by atoms with van der Waals surface area (Å²) in [6, 6.07) is 4.36. The highest BCUT2D eigenvalue weighted by Gasteiger charge is 2.38. The van der Waals surface area contributed by atoms with Gasteiger partial charge >= 0.3 is 18.1 Å². The molecule has 8 nitrogen and oxygen atoms in total. The molecule has 1 aromatic carbocycles. The molecular formula is C17H19F3N4O4S. The van der Waals surface area contributed by atoms with E-state index in [0.29, 0.717) is 13.0 Å². The van der Waals surface area contributed by atoms with Gasteiger partial charge in [-0.15, -0.1) is 5.10 Å². The van der Waals surface area contributed by atoms with Gasteiger partial charge in [0.2, 0.25) is 10.0 Å². The van der Waals surface area contributed by atoms with Crippen molar-refractivity contribution in [3.05, 3.63) is 35.7 Å². The number of hydrogen-bond acceptors (Lipinski definition) is 6. The molecule has 0 spiro atoms. The third-order valence-electron chi connectivity index (χ3n) is 4.66. The maximum Gasteiger partial charge on any atom is 0.470 e. The number of piperidine rings is 1. The summed E-state index contributed by atoms with van der Waals surface area (Å²) >= 11 is 0. The highest BCUT2D eigenvalue weighted by Crippen LogP contribution is 2.29. The van der Waals surface area contributed by atoms with Crippen molar-refractivity contribution in [2.24, 2.45) is 0 Å². The van der Waals surface area contributed by atoms with Crippen molar-refractivity contribution < 1.29 is 30.8 Å². The van der Waals surface area contributed by atoms with Gasteiger partial charge in [0.15, 0.2) is 0 Å². The van der Waals surface area contributed by atoms with E-state index in [2.05, 4.69) is 14.6 Å². The molecule has 2 heterocycles. The van der Waals surface area contributed by atoms with E-state index >= 15 is 0 Å². The average Bonchev–Trinajstić information content (AvgIpc) is 3.17. The van der Waals surface area contributed by atoms with E-state index in [0.717, 1.165) is 19.3 Å². The molecule has 2 aromatic rings. The van der Waals surface area contributed by atoms with Gasteiger partial charge in [0.25, 0.3) is 5.91 Å². The molecule has 1 amide bonds. The molecule has 0 aliphatic carbocycles. The highest BCUT2D eigenvalue weighted by molar-refractivity contribution is 7.89. The minimum absolute atomic E-state index is 0.0291. The van der Waals surface area contributed by atoms with Crippen molar-refractivity contribution in [3.63, 3.8) is 0 Å². The maximum absolute atomic E-state index is 12.9. The van der Waals surface area contributed by atoms with Crippen molar-refractivity contribution >= 4 is 21.9 Å². The van der Waals surface area contributed by atoms with Crippen molar-refractivity contribution in [2.75, 3.05) is 11.9 Å². The zero-order valence-electron chi connectivity index (χ0n) is 15.4. The minimum Gasteiger partial charge on any atom is -0.399 e. The fraction of sp³-hybridized carbons (Fsp3) is 0.471. The minimum atomic E-state index is -4.82. The molecule has 0 radical (unpaired) electrons. The molecule has 1 unspecified atom stereocenters. The van der Waals surface area contributed by atoms with Gasteiger partial charge in [-0.25, -0.2) is 8.42 Å². The zero-order chi connectivity index (χ0) is 21.2. The summed E-state index contributed by atoms with van der Waals surface area (Å²) in [6.45, 7) is 2.38. The second-order valence-electron chi connectivity index (χ2n) is 6.56. The monoisotopic (exact) mass is 432 g/mol.